The third kappa shape index (κ3) is 4.29. The number of hydrogen-bond donors (Lipinski definition) is 2. The number of esters is 2. The van der Waals surface area contributed by atoms with Crippen molar-refractivity contribution < 1.29 is 24.3 Å². The first kappa shape index (κ1) is 20.5. The van der Waals surface area contributed by atoms with Gasteiger partial charge in [-0.3, -0.25) is 5.21 Å². The van der Waals surface area contributed by atoms with Gasteiger partial charge in [0.25, 0.3) is 0 Å². The Bertz CT molecular complexity index is 757. The minimum Gasteiger partial charge on any atom is -0.733 e. The molecule has 27 heavy (non-hydrogen) atoms. The number of dihydropyridines is 1. The maximum atomic E-state index is 12.6. The highest BCUT2D eigenvalue weighted by Gasteiger charge is 2.37. The fraction of sp³-hybridized carbons (Fsp3) is 0.368. The van der Waals surface area contributed by atoms with Crippen molar-refractivity contribution >= 4 is 17.6 Å². The summed E-state index contributed by atoms with van der Waals surface area (Å²) in [5.41, 5.74) is 2.03. The summed E-state index contributed by atoms with van der Waals surface area (Å²) in [6.07, 6.45) is 0. The van der Waals surface area contributed by atoms with E-state index in [0.717, 1.165) is 0 Å². The molecule has 0 unspecified atom stereocenters. The van der Waals surface area contributed by atoms with Crippen molar-refractivity contribution in [1.82, 2.24) is 5.32 Å². The number of rotatable bonds is 6. The summed E-state index contributed by atoms with van der Waals surface area (Å²) in [5, 5.41) is 23.3. The second-order valence-electron chi connectivity index (χ2n) is 5.94. The first-order valence-corrected chi connectivity index (χ1v) is 8.60. The number of allylic oxidation sites excluding steroid dienone is 2. The van der Waals surface area contributed by atoms with E-state index < -0.39 is 17.9 Å². The van der Waals surface area contributed by atoms with E-state index in [4.69, 9.17) is 9.47 Å². The van der Waals surface area contributed by atoms with Crippen molar-refractivity contribution in [3.63, 3.8) is 0 Å². The smallest absolute Gasteiger partial charge is 0.336 e. The first-order chi connectivity index (χ1) is 12.8. The highest BCUT2D eigenvalue weighted by molar-refractivity contribution is 6.00. The standard InChI is InChI=1S/C19H23N2O6/c1-5-26-18(22)15-11(3)20-12(4)16(19(23)27-6-2)17(15)13-8-7-9-14(10-13)21(24)25/h7-10,17,20,24H,5-6H2,1-4H3/q-1. The zero-order valence-electron chi connectivity index (χ0n) is 15.7. The molecule has 8 nitrogen and oxygen atoms in total. The SMILES string of the molecule is CCOC(=O)C1=C(C)NC(C)=C(C(=O)OCC)C1c1cccc(N([O-])O)c1. The Hall–Kier alpha value is -2.84. The molecule has 146 valence electrons. The zero-order valence-corrected chi connectivity index (χ0v) is 15.7. The van der Waals surface area contributed by atoms with E-state index in [1.165, 1.54) is 12.1 Å². The molecule has 0 aromatic heterocycles. The normalized spacial score (nSPS) is 14.7. The Labute approximate surface area is 157 Å². The second-order valence-corrected chi connectivity index (χ2v) is 5.94. The quantitative estimate of drug-likeness (QED) is 0.577. The van der Waals surface area contributed by atoms with Crippen molar-refractivity contribution in [1.29, 1.82) is 0 Å². The zero-order chi connectivity index (χ0) is 20.1. The lowest BCUT2D eigenvalue weighted by molar-refractivity contribution is -0.139. The van der Waals surface area contributed by atoms with Crippen LogP contribution in [0.15, 0.2) is 46.8 Å². The van der Waals surface area contributed by atoms with Gasteiger partial charge in [0.15, 0.2) is 0 Å². The highest BCUT2D eigenvalue weighted by atomic mass is 16.8. The predicted octanol–water partition coefficient (Wildman–Crippen LogP) is 2.74. The predicted molar refractivity (Wildman–Crippen MR) is 98.6 cm³/mol. The molecule has 1 aliphatic heterocycles. The summed E-state index contributed by atoms with van der Waals surface area (Å²) in [7, 11) is 0. The van der Waals surface area contributed by atoms with E-state index in [-0.39, 0.29) is 35.3 Å². The van der Waals surface area contributed by atoms with Gasteiger partial charge in [0.05, 0.1) is 36.0 Å². The summed E-state index contributed by atoms with van der Waals surface area (Å²) in [6.45, 7) is 7.14. The Morgan fingerprint density at radius 2 is 1.63 bits per heavy atom. The van der Waals surface area contributed by atoms with Crippen LogP contribution in [0.3, 0.4) is 0 Å². The number of ether oxygens (including phenoxy) is 2. The molecule has 1 aliphatic rings. The van der Waals surface area contributed by atoms with Crippen LogP contribution in [0.4, 0.5) is 5.69 Å². The number of nitrogens with zero attached hydrogens (tertiary/aromatic N) is 1. The summed E-state index contributed by atoms with van der Waals surface area (Å²) < 4.78 is 10.3. The fourth-order valence-corrected chi connectivity index (χ4v) is 3.11. The Morgan fingerprint density at radius 1 is 1.11 bits per heavy atom. The van der Waals surface area contributed by atoms with Gasteiger partial charge in [0, 0.05) is 11.4 Å². The molecule has 0 saturated carbocycles. The second kappa shape index (κ2) is 8.70. The molecule has 0 aliphatic carbocycles. The molecular weight excluding hydrogens is 352 g/mol. The topological polar surface area (TPSA) is 111 Å². The third-order valence-electron chi connectivity index (χ3n) is 4.18. The van der Waals surface area contributed by atoms with Crippen molar-refractivity contribution in [2.45, 2.75) is 33.6 Å². The van der Waals surface area contributed by atoms with Gasteiger partial charge >= 0.3 is 11.9 Å². The van der Waals surface area contributed by atoms with Gasteiger partial charge in [-0.15, -0.1) is 0 Å². The lowest BCUT2D eigenvalue weighted by Crippen LogP contribution is -2.32. The molecule has 0 radical (unpaired) electrons. The molecule has 0 atom stereocenters. The summed E-state index contributed by atoms with van der Waals surface area (Å²) in [6, 6.07) is 6.06. The van der Waals surface area contributed by atoms with Crippen LogP contribution in [0.1, 0.15) is 39.2 Å². The van der Waals surface area contributed by atoms with Crippen molar-refractivity contribution in [3.05, 3.63) is 57.6 Å². The average Bonchev–Trinajstić information content (AvgIpc) is 2.61. The van der Waals surface area contributed by atoms with Crippen LogP contribution in [0.2, 0.25) is 0 Å². The van der Waals surface area contributed by atoms with Gasteiger partial charge in [-0.2, -0.15) is 0 Å². The molecule has 1 aromatic rings. The van der Waals surface area contributed by atoms with Crippen molar-refractivity contribution in [2.24, 2.45) is 0 Å². The van der Waals surface area contributed by atoms with Gasteiger partial charge in [-0.1, -0.05) is 12.1 Å². The molecular formula is C19H23N2O6-. The third-order valence-corrected chi connectivity index (χ3v) is 4.18. The lowest BCUT2D eigenvalue weighted by atomic mass is 9.80. The minimum absolute atomic E-state index is 0.0206. The van der Waals surface area contributed by atoms with E-state index in [0.29, 0.717) is 17.0 Å². The highest BCUT2D eigenvalue weighted by Crippen LogP contribution is 2.40. The largest absolute Gasteiger partial charge is 0.733 e. The molecule has 8 heteroatoms. The Balaban J connectivity index is 2.67. The number of benzene rings is 1. The molecule has 1 aromatic carbocycles. The van der Waals surface area contributed by atoms with Crippen LogP contribution in [0, 0.1) is 5.21 Å². The van der Waals surface area contributed by atoms with Crippen molar-refractivity contribution in [3.8, 4) is 0 Å². The van der Waals surface area contributed by atoms with Crippen LogP contribution in [0.25, 0.3) is 0 Å². The minimum atomic E-state index is -0.802. The average molecular weight is 375 g/mol. The molecule has 2 N–H and O–H groups in total. The number of carbonyl (C=O) groups excluding carboxylic acids is 2. The maximum Gasteiger partial charge on any atom is 0.336 e. The summed E-state index contributed by atoms with van der Waals surface area (Å²) in [4.78, 5) is 25.3. The van der Waals surface area contributed by atoms with Crippen LogP contribution in [-0.4, -0.2) is 30.4 Å². The summed E-state index contributed by atoms with van der Waals surface area (Å²) >= 11 is 0. The molecule has 0 bridgehead atoms. The number of hydrogen-bond acceptors (Lipinski definition) is 8. The lowest BCUT2D eigenvalue weighted by Gasteiger charge is -2.31. The van der Waals surface area contributed by atoms with E-state index in [9.17, 15) is 20.0 Å². The fourth-order valence-electron chi connectivity index (χ4n) is 3.11. The summed E-state index contributed by atoms with van der Waals surface area (Å²) in [5.74, 6) is -1.95. The Kier molecular flexibility index (Phi) is 6.59. The molecule has 0 saturated heterocycles. The van der Waals surface area contributed by atoms with E-state index >= 15 is 0 Å². The van der Waals surface area contributed by atoms with Crippen LogP contribution >= 0.6 is 0 Å². The van der Waals surface area contributed by atoms with Crippen LogP contribution in [0.5, 0.6) is 0 Å². The molecule has 1 heterocycles. The van der Waals surface area contributed by atoms with E-state index in [1.807, 2.05) is 0 Å². The molecule has 0 fully saturated rings. The van der Waals surface area contributed by atoms with Gasteiger partial charge in [-0.05, 0) is 45.4 Å². The molecule has 0 spiro atoms. The first-order valence-electron chi connectivity index (χ1n) is 8.60. The van der Waals surface area contributed by atoms with Gasteiger partial charge in [-0.25, -0.2) is 9.59 Å². The van der Waals surface area contributed by atoms with Gasteiger partial charge < -0.3 is 25.2 Å². The molecule has 2 rings (SSSR count). The maximum absolute atomic E-state index is 12.6. The van der Waals surface area contributed by atoms with Crippen LogP contribution in [-0.2, 0) is 19.1 Å². The monoisotopic (exact) mass is 375 g/mol. The van der Waals surface area contributed by atoms with Crippen molar-refractivity contribution in [2.75, 3.05) is 18.4 Å². The Morgan fingerprint density at radius 3 is 2.07 bits per heavy atom. The van der Waals surface area contributed by atoms with Gasteiger partial charge in [0.1, 0.15) is 0 Å². The van der Waals surface area contributed by atoms with E-state index in [2.05, 4.69) is 5.32 Å². The number of anilines is 1. The van der Waals surface area contributed by atoms with E-state index in [1.54, 1.807) is 39.8 Å². The number of carbonyl (C=O) groups is 2. The van der Waals surface area contributed by atoms with Crippen LogP contribution < -0.4 is 10.5 Å². The molecule has 0 amide bonds. The number of nitrogens with one attached hydrogen (secondary N) is 1. The van der Waals surface area contributed by atoms with Gasteiger partial charge in [0.2, 0.25) is 0 Å².